The number of hydrogen-bond donors (Lipinski definition) is 1. The van der Waals surface area contributed by atoms with Crippen molar-refractivity contribution in [2.75, 3.05) is 13.1 Å². The van der Waals surface area contributed by atoms with E-state index in [1.165, 1.54) is 18.2 Å². The third-order valence-electron chi connectivity index (χ3n) is 4.80. The summed E-state index contributed by atoms with van der Waals surface area (Å²) in [5.74, 6) is -0.0648. The van der Waals surface area contributed by atoms with Crippen LogP contribution < -0.4 is 0 Å². The number of nitrogens with zero attached hydrogens (tertiary/aromatic N) is 2. The van der Waals surface area contributed by atoms with Crippen molar-refractivity contribution in [3.8, 4) is 6.07 Å². The maximum absolute atomic E-state index is 13.4. The number of aliphatic hydroxyl groups excluding tert-OH is 1. The fourth-order valence-corrected chi connectivity index (χ4v) is 3.39. The van der Waals surface area contributed by atoms with Gasteiger partial charge < -0.3 is 5.11 Å². The molecule has 1 heterocycles. The van der Waals surface area contributed by atoms with Crippen LogP contribution >= 0.6 is 0 Å². The van der Waals surface area contributed by atoms with E-state index in [9.17, 15) is 9.50 Å². The molecule has 0 bridgehead atoms. The Hall–Kier alpha value is -2.22. The lowest BCUT2D eigenvalue weighted by atomic mass is 9.87. The zero-order valence-electron chi connectivity index (χ0n) is 13.5. The second-order valence-corrected chi connectivity index (χ2v) is 6.38. The molecule has 0 radical (unpaired) electrons. The molecule has 1 atom stereocenters. The Morgan fingerprint density at radius 2 is 1.88 bits per heavy atom. The molecule has 2 aromatic rings. The van der Waals surface area contributed by atoms with Gasteiger partial charge in [0.2, 0.25) is 0 Å². The van der Waals surface area contributed by atoms with Crippen molar-refractivity contribution < 1.29 is 9.50 Å². The summed E-state index contributed by atoms with van der Waals surface area (Å²) in [6.45, 7) is 2.26. The molecule has 1 aliphatic rings. The quantitative estimate of drug-likeness (QED) is 0.934. The smallest absolute Gasteiger partial charge is 0.123 e. The van der Waals surface area contributed by atoms with Crippen LogP contribution in [-0.2, 0) is 6.54 Å². The lowest BCUT2D eigenvalue weighted by Gasteiger charge is -2.34. The fraction of sp³-hybridized carbons (Fsp3) is 0.350. The van der Waals surface area contributed by atoms with Gasteiger partial charge in [-0.15, -0.1) is 0 Å². The highest BCUT2D eigenvalue weighted by atomic mass is 19.1. The van der Waals surface area contributed by atoms with Crippen molar-refractivity contribution in [2.45, 2.75) is 25.5 Å². The first-order valence-electron chi connectivity index (χ1n) is 8.31. The van der Waals surface area contributed by atoms with Crippen molar-refractivity contribution in [3.63, 3.8) is 0 Å². The Morgan fingerprint density at radius 3 is 2.54 bits per heavy atom. The van der Waals surface area contributed by atoms with Gasteiger partial charge in [0.1, 0.15) is 5.82 Å². The lowest BCUT2D eigenvalue weighted by Crippen LogP contribution is -2.35. The molecular formula is C20H21FN2O. The van der Waals surface area contributed by atoms with Crippen LogP contribution in [0.4, 0.5) is 4.39 Å². The van der Waals surface area contributed by atoms with E-state index in [1.807, 2.05) is 30.3 Å². The number of aliphatic hydroxyl groups is 1. The molecular weight excluding hydrogens is 303 g/mol. The van der Waals surface area contributed by atoms with Gasteiger partial charge >= 0.3 is 0 Å². The zero-order valence-corrected chi connectivity index (χ0v) is 13.5. The maximum atomic E-state index is 13.4. The van der Waals surface area contributed by atoms with E-state index in [0.29, 0.717) is 12.1 Å². The number of hydrogen-bond acceptors (Lipinski definition) is 3. The van der Waals surface area contributed by atoms with E-state index in [2.05, 4.69) is 11.0 Å². The summed E-state index contributed by atoms with van der Waals surface area (Å²) in [5, 5.41) is 19.7. The van der Waals surface area contributed by atoms with Crippen LogP contribution in [0.5, 0.6) is 0 Å². The number of nitriles is 1. The first-order chi connectivity index (χ1) is 11.7. The van der Waals surface area contributed by atoms with Crippen LogP contribution in [-0.4, -0.2) is 23.1 Å². The summed E-state index contributed by atoms with van der Waals surface area (Å²) in [4.78, 5) is 2.23. The average Bonchev–Trinajstić information content (AvgIpc) is 2.63. The molecule has 2 aromatic carbocycles. The van der Waals surface area contributed by atoms with Crippen molar-refractivity contribution in [1.29, 1.82) is 5.26 Å². The highest BCUT2D eigenvalue weighted by Gasteiger charge is 2.26. The lowest BCUT2D eigenvalue weighted by molar-refractivity contribution is 0.0567. The molecule has 1 N–H and O–H groups in total. The highest BCUT2D eigenvalue weighted by molar-refractivity contribution is 5.37. The molecule has 1 unspecified atom stereocenters. The highest BCUT2D eigenvalue weighted by Crippen LogP contribution is 2.31. The van der Waals surface area contributed by atoms with E-state index < -0.39 is 6.10 Å². The van der Waals surface area contributed by atoms with Gasteiger partial charge in [0.15, 0.2) is 0 Å². The van der Waals surface area contributed by atoms with Gasteiger partial charge in [-0.2, -0.15) is 5.26 Å². The molecule has 24 heavy (non-hydrogen) atoms. The van der Waals surface area contributed by atoms with Gasteiger partial charge in [-0.3, -0.25) is 4.90 Å². The summed E-state index contributed by atoms with van der Waals surface area (Å²) in [5.41, 5.74) is 2.23. The summed E-state index contributed by atoms with van der Waals surface area (Å²) in [6, 6.07) is 16.2. The molecule has 0 spiro atoms. The Labute approximate surface area is 142 Å². The van der Waals surface area contributed by atoms with Crippen LogP contribution in [0.3, 0.4) is 0 Å². The normalized spacial score (nSPS) is 17.4. The van der Waals surface area contributed by atoms with Gasteiger partial charge in [-0.1, -0.05) is 30.3 Å². The van der Waals surface area contributed by atoms with Crippen molar-refractivity contribution in [3.05, 3.63) is 71.0 Å². The van der Waals surface area contributed by atoms with Crippen LogP contribution in [0, 0.1) is 23.1 Å². The number of halogens is 1. The number of rotatable bonds is 4. The largest absolute Gasteiger partial charge is 0.388 e. The minimum atomic E-state index is -0.433. The molecule has 4 heteroatoms. The second kappa shape index (κ2) is 7.57. The molecule has 0 saturated carbocycles. The second-order valence-electron chi connectivity index (χ2n) is 6.38. The van der Waals surface area contributed by atoms with Crippen LogP contribution in [0.1, 0.15) is 35.6 Å². The maximum Gasteiger partial charge on any atom is 0.123 e. The predicted octanol–water partition coefficient (Wildman–Crippen LogP) is 3.64. The number of benzene rings is 2. The molecule has 0 aromatic heterocycles. The summed E-state index contributed by atoms with van der Waals surface area (Å²) in [7, 11) is 0. The molecule has 0 aliphatic carbocycles. The Bertz CT molecular complexity index is 718. The van der Waals surface area contributed by atoms with E-state index in [-0.39, 0.29) is 11.7 Å². The van der Waals surface area contributed by atoms with Crippen LogP contribution in [0.2, 0.25) is 0 Å². The SMILES string of the molecule is N#Cc1ccc(F)cc1CN1CCC(C(O)c2ccccc2)CC1. The standard InChI is InChI=1S/C20H21FN2O/c21-19-7-6-17(13-22)18(12-19)14-23-10-8-16(9-11-23)20(24)15-4-2-1-3-5-15/h1-7,12,16,20,24H,8-11,14H2. The van der Waals surface area contributed by atoms with E-state index in [0.717, 1.165) is 37.1 Å². The average molecular weight is 324 g/mol. The molecule has 3 rings (SSSR count). The molecule has 1 fully saturated rings. The van der Waals surface area contributed by atoms with Crippen LogP contribution in [0.15, 0.2) is 48.5 Å². The van der Waals surface area contributed by atoms with Gasteiger partial charge in [-0.25, -0.2) is 4.39 Å². The first kappa shape index (κ1) is 16.6. The van der Waals surface area contributed by atoms with Crippen molar-refractivity contribution >= 4 is 0 Å². The number of piperidine rings is 1. The Balaban J connectivity index is 1.60. The van der Waals surface area contributed by atoms with Gasteiger partial charge in [-0.05, 0) is 61.2 Å². The summed E-state index contributed by atoms with van der Waals surface area (Å²) in [6.07, 6.45) is 1.36. The fourth-order valence-electron chi connectivity index (χ4n) is 3.39. The van der Waals surface area contributed by atoms with Gasteiger partial charge in [0.25, 0.3) is 0 Å². The zero-order chi connectivity index (χ0) is 16.9. The van der Waals surface area contributed by atoms with E-state index >= 15 is 0 Å². The van der Waals surface area contributed by atoms with Crippen molar-refractivity contribution in [2.24, 2.45) is 5.92 Å². The molecule has 1 saturated heterocycles. The Morgan fingerprint density at radius 1 is 1.17 bits per heavy atom. The predicted molar refractivity (Wildman–Crippen MR) is 90.5 cm³/mol. The monoisotopic (exact) mass is 324 g/mol. The Kier molecular flexibility index (Phi) is 5.24. The van der Waals surface area contributed by atoms with E-state index in [1.54, 1.807) is 0 Å². The third kappa shape index (κ3) is 3.81. The third-order valence-corrected chi connectivity index (χ3v) is 4.80. The van der Waals surface area contributed by atoms with Gasteiger partial charge in [0.05, 0.1) is 17.7 Å². The molecule has 124 valence electrons. The molecule has 0 amide bonds. The van der Waals surface area contributed by atoms with Crippen LogP contribution in [0.25, 0.3) is 0 Å². The molecule has 1 aliphatic heterocycles. The molecule has 3 nitrogen and oxygen atoms in total. The van der Waals surface area contributed by atoms with Gasteiger partial charge in [0, 0.05) is 6.54 Å². The summed E-state index contributed by atoms with van der Waals surface area (Å²) < 4.78 is 13.4. The minimum Gasteiger partial charge on any atom is -0.388 e. The number of likely N-dealkylation sites (tertiary alicyclic amines) is 1. The van der Waals surface area contributed by atoms with E-state index in [4.69, 9.17) is 5.26 Å². The topological polar surface area (TPSA) is 47.3 Å². The van der Waals surface area contributed by atoms with Crippen molar-refractivity contribution in [1.82, 2.24) is 4.90 Å². The minimum absolute atomic E-state index is 0.242. The summed E-state index contributed by atoms with van der Waals surface area (Å²) >= 11 is 0. The first-order valence-corrected chi connectivity index (χ1v) is 8.31.